The lowest BCUT2D eigenvalue weighted by Gasteiger charge is -2.38. The number of rotatable bonds is 7. The number of carboxylic acids is 1. The third kappa shape index (κ3) is 11.3. The number of nitrogens with one attached hydrogen (secondary N) is 1. The number of nitrogens with zero attached hydrogens (tertiary/aromatic N) is 1. The largest absolute Gasteiger partial charge is 0.502 e. The summed E-state index contributed by atoms with van der Waals surface area (Å²) in [5, 5.41) is 28.2. The van der Waals surface area contributed by atoms with E-state index in [0.29, 0.717) is 18.5 Å². The van der Waals surface area contributed by atoms with Gasteiger partial charge in [-0.2, -0.15) is 0 Å². The van der Waals surface area contributed by atoms with Gasteiger partial charge in [0.25, 0.3) is 0 Å². The predicted octanol–water partition coefficient (Wildman–Crippen LogP) is 8.81. The van der Waals surface area contributed by atoms with Crippen molar-refractivity contribution in [2.75, 3.05) is 19.7 Å². The van der Waals surface area contributed by atoms with Crippen molar-refractivity contribution in [2.45, 2.75) is 85.3 Å². The highest BCUT2D eigenvalue weighted by molar-refractivity contribution is 7.19. The summed E-state index contributed by atoms with van der Waals surface area (Å²) in [4.78, 5) is 16.4. The number of benzene rings is 2. The molecule has 1 unspecified atom stereocenters. The Hall–Kier alpha value is -3.40. The molecule has 1 saturated heterocycles. The fraction of sp³-hybridized carbons (Fsp3) is 0.457. The van der Waals surface area contributed by atoms with Gasteiger partial charge in [-0.25, -0.2) is 9.18 Å². The van der Waals surface area contributed by atoms with E-state index in [4.69, 9.17) is 14.9 Å². The van der Waals surface area contributed by atoms with Crippen LogP contribution in [0.5, 0.6) is 5.75 Å². The van der Waals surface area contributed by atoms with Gasteiger partial charge in [0, 0.05) is 38.8 Å². The van der Waals surface area contributed by atoms with Gasteiger partial charge in [0.2, 0.25) is 0 Å². The summed E-state index contributed by atoms with van der Waals surface area (Å²) >= 11 is 1.78. The van der Waals surface area contributed by atoms with Crippen molar-refractivity contribution in [1.29, 1.82) is 0 Å². The Bertz CT molecular complexity index is 1450. The molecule has 0 aliphatic carbocycles. The molecule has 3 heterocycles. The molecule has 1 aliphatic rings. The Balaban J connectivity index is 0.000000484. The average molecular weight is 629 g/mol. The van der Waals surface area contributed by atoms with Crippen LogP contribution in [0.4, 0.5) is 4.39 Å². The smallest absolute Gasteiger partial charge is 0.370 e. The van der Waals surface area contributed by atoms with Crippen LogP contribution in [0, 0.1) is 12.7 Å². The summed E-state index contributed by atoms with van der Waals surface area (Å²) in [6.07, 6.45) is 4.05. The number of carboxylic acid groups (broad SMARTS) is 1. The van der Waals surface area contributed by atoms with Crippen molar-refractivity contribution >= 4 is 38.3 Å². The lowest BCUT2D eigenvalue weighted by atomic mass is 9.90. The van der Waals surface area contributed by atoms with Gasteiger partial charge in [-0.3, -0.25) is 4.90 Å². The molecule has 4 aromatic rings. The summed E-state index contributed by atoms with van der Waals surface area (Å²) in [5.74, 6) is -1.09. The summed E-state index contributed by atoms with van der Waals surface area (Å²) in [5.41, 5.74) is 2.14. The number of likely N-dealkylation sites (tertiary alicyclic amines) is 1. The van der Waals surface area contributed by atoms with E-state index in [2.05, 4.69) is 63.2 Å². The van der Waals surface area contributed by atoms with Gasteiger partial charge in [0.1, 0.15) is 24.3 Å². The molecule has 3 atom stereocenters. The number of aryl methyl sites for hydroxylation is 1. The second-order valence-corrected chi connectivity index (χ2v) is 12.3. The Labute approximate surface area is 265 Å². The first kappa shape index (κ1) is 36.8. The summed E-state index contributed by atoms with van der Waals surface area (Å²) in [6, 6.07) is 15.6. The predicted molar refractivity (Wildman–Crippen MR) is 181 cm³/mol. The maximum absolute atomic E-state index is 13.5. The molecule has 44 heavy (non-hydrogen) atoms. The molecular formula is C35H49FN2O5S. The van der Waals surface area contributed by atoms with Crippen LogP contribution in [0.25, 0.3) is 21.0 Å². The molecule has 7 nitrogen and oxygen atoms in total. The minimum atomic E-state index is -1.38. The third-order valence-corrected chi connectivity index (χ3v) is 8.07. The number of aliphatic carboxylic acids is 1. The molecular weight excluding hydrogens is 579 g/mol. The fourth-order valence-electron chi connectivity index (χ4n) is 4.89. The molecule has 242 valence electrons. The highest BCUT2D eigenvalue weighted by Crippen LogP contribution is 2.38. The van der Waals surface area contributed by atoms with Gasteiger partial charge >= 0.3 is 5.97 Å². The molecule has 1 aliphatic heterocycles. The number of hydrogen-bond acceptors (Lipinski definition) is 6. The van der Waals surface area contributed by atoms with Crippen molar-refractivity contribution in [3.05, 3.63) is 77.3 Å². The number of β-amino-alcohol motifs (C(OH)–C–C–N with tert-alkyl or cyclic N) is 1. The lowest BCUT2D eigenvalue weighted by molar-refractivity contribution is -0.135. The van der Waals surface area contributed by atoms with Gasteiger partial charge in [0.15, 0.2) is 5.76 Å². The van der Waals surface area contributed by atoms with Crippen molar-refractivity contribution < 1.29 is 29.2 Å². The first-order chi connectivity index (χ1) is 20.9. The monoisotopic (exact) mass is 628 g/mol. The SMILES string of the molecule is C=C(O)C(=O)O.CCC.CCC.Cc1cc2c(OCC(O)CN3CC[C@H](c4cc5cc(F)ccc5s4)C[C@@H]3C)cccc2[nH]1. The number of fused-ring (bicyclic) bond motifs is 2. The van der Waals surface area contributed by atoms with Crippen LogP contribution in [0.1, 0.15) is 76.8 Å². The number of halogens is 1. The Morgan fingerprint density at radius 1 is 1.14 bits per heavy atom. The van der Waals surface area contributed by atoms with Gasteiger partial charge in [-0.1, -0.05) is 46.6 Å². The zero-order chi connectivity index (χ0) is 32.8. The van der Waals surface area contributed by atoms with E-state index in [-0.39, 0.29) is 12.4 Å². The number of carbonyl (C=O) groups is 1. The highest BCUT2D eigenvalue weighted by Gasteiger charge is 2.29. The van der Waals surface area contributed by atoms with Gasteiger partial charge in [-0.05, 0) is 93.6 Å². The molecule has 2 aromatic heterocycles. The molecule has 1 fully saturated rings. The van der Waals surface area contributed by atoms with Crippen molar-refractivity contribution in [3.63, 3.8) is 0 Å². The van der Waals surface area contributed by atoms with Gasteiger partial charge in [-0.15, -0.1) is 11.3 Å². The molecule has 4 N–H and O–H groups in total. The van der Waals surface area contributed by atoms with Crippen molar-refractivity contribution in [1.82, 2.24) is 9.88 Å². The second-order valence-electron chi connectivity index (χ2n) is 11.2. The van der Waals surface area contributed by atoms with Crippen LogP contribution in [-0.4, -0.2) is 63.0 Å². The maximum atomic E-state index is 13.5. The number of aliphatic hydroxyl groups is 2. The van der Waals surface area contributed by atoms with Crippen LogP contribution in [0.2, 0.25) is 0 Å². The van der Waals surface area contributed by atoms with E-state index in [9.17, 15) is 14.3 Å². The second kappa shape index (κ2) is 18.4. The van der Waals surface area contributed by atoms with E-state index >= 15 is 0 Å². The van der Waals surface area contributed by atoms with Crippen LogP contribution < -0.4 is 4.74 Å². The number of H-pyrrole nitrogens is 1. The Morgan fingerprint density at radius 2 is 1.80 bits per heavy atom. The molecule has 0 amide bonds. The number of hydrogen-bond donors (Lipinski definition) is 4. The minimum Gasteiger partial charge on any atom is -0.502 e. The number of aromatic amines is 1. The third-order valence-electron chi connectivity index (χ3n) is 6.80. The molecule has 0 spiro atoms. The molecule has 9 heteroatoms. The van der Waals surface area contributed by atoms with E-state index in [1.807, 2.05) is 31.2 Å². The van der Waals surface area contributed by atoms with Crippen molar-refractivity contribution in [2.24, 2.45) is 0 Å². The first-order valence-electron chi connectivity index (χ1n) is 15.4. The fourth-order valence-corrected chi connectivity index (χ4v) is 6.08. The van der Waals surface area contributed by atoms with E-state index < -0.39 is 17.8 Å². The molecule has 2 aromatic carbocycles. The quantitative estimate of drug-likeness (QED) is 0.120. The molecule has 0 saturated carbocycles. The lowest BCUT2D eigenvalue weighted by Crippen LogP contribution is -2.45. The molecule has 0 bridgehead atoms. The number of piperidine rings is 1. The normalized spacial score (nSPS) is 16.9. The van der Waals surface area contributed by atoms with Crippen LogP contribution in [0.15, 0.2) is 60.9 Å². The summed E-state index contributed by atoms with van der Waals surface area (Å²) < 4.78 is 20.7. The van der Waals surface area contributed by atoms with E-state index in [1.54, 1.807) is 17.4 Å². The first-order valence-corrected chi connectivity index (χ1v) is 16.2. The Kier molecular flexibility index (Phi) is 15.4. The number of aliphatic hydroxyl groups excluding tert-OH is 2. The summed E-state index contributed by atoms with van der Waals surface area (Å²) in [6.45, 7) is 17.3. The number of aromatic nitrogens is 1. The topological polar surface area (TPSA) is 106 Å². The minimum absolute atomic E-state index is 0.177. The average Bonchev–Trinajstić information content (AvgIpc) is 3.56. The summed E-state index contributed by atoms with van der Waals surface area (Å²) in [7, 11) is 0. The van der Waals surface area contributed by atoms with Crippen LogP contribution >= 0.6 is 11.3 Å². The van der Waals surface area contributed by atoms with Crippen LogP contribution in [-0.2, 0) is 4.79 Å². The zero-order valence-electron chi connectivity index (χ0n) is 26.9. The maximum Gasteiger partial charge on any atom is 0.370 e. The van der Waals surface area contributed by atoms with Gasteiger partial charge < -0.3 is 25.0 Å². The molecule has 0 radical (unpaired) electrons. The van der Waals surface area contributed by atoms with E-state index in [0.717, 1.165) is 51.8 Å². The Morgan fingerprint density at radius 3 is 2.41 bits per heavy atom. The van der Waals surface area contributed by atoms with Crippen LogP contribution in [0.3, 0.4) is 0 Å². The molecule has 5 rings (SSSR count). The highest BCUT2D eigenvalue weighted by atomic mass is 32.1. The standard InChI is InChI=1S/C26H29FN2O2S.C3H4O3.2C3H8/c1-16-10-22-23(28-16)4-3-5-24(22)31-15-21(30)14-29-9-8-18(11-17(29)2)26-13-19-12-20(27)6-7-25(19)32-26;1-2(4)3(5)6;2*1-3-2/h3-7,10,12-13,17-18,21,28,30H,8-9,11,14-15H2,1-2H3;4H,1H2,(H,5,6);2*3H2,1-2H3/t17-,18-,21?;;;/m0.../s1. The van der Waals surface area contributed by atoms with E-state index in [1.165, 1.54) is 23.8 Å². The number of ether oxygens (including phenoxy) is 1. The van der Waals surface area contributed by atoms with Crippen molar-refractivity contribution in [3.8, 4) is 5.75 Å². The number of thiophene rings is 1. The zero-order valence-corrected chi connectivity index (χ0v) is 27.7. The van der Waals surface area contributed by atoms with Gasteiger partial charge in [0.05, 0.1) is 0 Å².